The van der Waals surface area contributed by atoms with Crippen molar-refractivity contribution in [2.45, 2.75) is 23.8 Å². The quantitative estimate of drug-likeness (QED) is 0.562. The molecule has 0 aliphatic carbocycles. The van der Waals surface area contributed by atoms with Gasteiger partial charge in [-0.3, -0.25) is 19.3 Å². The van der Waals surface area contributed by atoms with Crippen LogP contribution in [-0.4, -0.2) is 60.4 Å². The van der Waals surface area contributed by atoms with E-state index in [0.717, 1.165) is 33.1 Å². The van der Waals surface area contributed by atoms with Gasteiger partial charge in [0.05, 0.1) is 4.91 Å². The molecule has 2 aliphatic rings. The Labute approximate surface area is 205 Å². The summed E-state index contributed by atoms with van der Waals surface area (Å²) in [4.78, 5) is 38.3. The molecule has 2 saturated heterocycles. The lowest BCUT2D eigenvalue weighted by Gasteiger charge is -2.24. The van der Waals surface area contributed by atoms with Gasteiger partial charge in [0.15, 0.2) is 0 Å². The number of nitrogens with zero attached hydrogens (tertiary/aromatic N) is 2. The van der Waals surface area contributed by atoms with Crippen LogP contribution in [0.3, 0.4) is 0 Å². The first-order chi connectivity index (χ1) is 16.7. The van der Waals surface area contributed by atoms with Crippen molar-refractivity contribution in [2.24, 2.45) is 0 Å². The van der Waals surface area contributed by atoms with Crippen LogP contribution in [0.1, 0.15) is 18.4 Å². The second kappa shape index (κ2) is 10.3. The number of sulfonamides is 1. The Hall–Kier alpha value is -3.09. The predicted octanol–water partition coefficient (Wildman–Crippen LogP) is 2.97. The third-order valence-electron chi connectivity index (χ3n) is 5.61. The summed E-state index contributed by atoms with van der Waals surface area (Å²) in [6, 6.07) is 9.39. The summed E-state index contributed by atoms with van der Waals surface area (Å²) in [6.45, 7) is -0.110. The maximum Gasteiger partial charge on any atom is 0.293 e. The van der Waals surface area contributed by atoms with Gasteiger partial charge in [-0.2, -0.15) is 4.31 Å². The molecule has 1 atom stereocenters. The number of nitrogens with one attached hydrogen (secondary N) is 1. The van der Waals surface area contributed by atoms with E-state index in [4.69, 9.17) is 0 Å². The van der Waals surface area contributed by atoms with Crippen molar-refractivity contribution in [1.29, 1.82) is 0 Å². The number of thioether (sulfide) groups is 1. The third-order valence-corrected chi connectivity index (χ3v) is 8.45. The van der Waals surface area contributed by atoms with Crippen LogP contribution in [0.5, 0.6) is 0 Å². The molecule has 0 bridgehead atoms. The van der Waals surface area contributed by atoms with E-state index in [2.05, 4.69) is 5.32 Å². The SMILES string of the molecule is O=C(NCCN1C(=O)SC(=Cc2ccc(F)cc2)C1=O)C1CCCN1S(=O)(=O)c1ccccc1F. The van der Waals surface area contributed by atoms with Gasteiger partial charge in [-0.15, -0.1) is 0 Å². The van der Waals surface area contributed by atoms with Crippen molar-refractivity contribution >= 4 is 44.9 Å². The van der Waals surface area contributed by atoms with Crippen LogP contribution >= 0.6 is 11.8 Å². The fourth-order valence-electron chi connectivity index (χ4n) is 3.88. The fourth-order valence-corrected chi connectivity index (χ4v) is 6.47. The molecule has 35 heavy (non-hydrogen) atoms. The molecule has 2 aromatic rings. The number of rotatable bonds is 7. The highest BCUT2D eigenvalue weighted by atomic mass is 32.2. The summed E-state index contributed by atoms with van der Waals surface area (Å²) in [6.07, 6.45) is 2.18. The van der Waals surface area contributed by atoms with Crippen molar-refractivity contribution < 1.29 is 31.6 Å². The molecule has 2 aliphatic heterocycles. The molecule has 0 saturated carbocycles. The van der Waals surface area contributed by atoms with Crippen molar-refractivity contribution in [1.82, 2.24) is 14.5 Å². The minimum atomic E-state index is -4.22. The number of hydrogen-bond donors (Lipinski definition) is 1. The van der Waals surface area contributed by atoms with Gasteiger partial charge in [0.2, 0.25) is 15.9 Å². The summed E-state index contributed by atoms with van der Waals surface area (Å²) in [7, 11) is -4.22. The Balaban J connectivity index is 1.37. The molecule has 184 valence electrons. The molecule has 0 aromatic heterocycles. The highest BCUT2D eigenvalue weighted by Gasteiger charge is 2.40. The Morgan fingerprint density at radius 3 is 2.54 bits per heavy atom. The zero-order valence-electron chi connectivity index (χ0n) is 18.3. The molecule has 1 unspecified atom stereocenters. The molecule has 2 fully saturated rings. The van der Waals surface area contributed by atoms with Crippen molar-refractivity contribution in [3.05, 3.63) is 70.6 Å². The zero-order valence-corrected chi connectivity index (χ0v) is 20.0. The maximum absolute atomic E-state index is 14.1. The van der Waals surface area contributed by atoms with Crippen molar-refractivity contribution in [3.8, 4) is 0 Å². The minimum absolute atomic E-state index is 0.0754. The van der Waals surface area contributed by atoms with Gasteiger partial charge in [0.25, 0.3) is 11.1 Å². The molecular weight excluding hydrogens is 500 g/mol. The van der Waals surface area contributed by atoms with Gasteiger partial charge in [-0.1, -0.05) is 24.3 Å². The molecule has 1 N–H and O–H groups in total. The van der Waals surface area contributed by atoms with E-state index in [0.29, 0.717) is 12.0 Å². The van der Waals surface area contributed by atoms with E-state index in [-0.39, 0.29) is 31.0 Å². The van der Waals surface area contributed by atoms with E-state index in [1.54, 1.807) is 0 Å². The highest BCUT2D eigenvalue weighted by Crippen LogP contribution is 2.32. The lowest BCUT2D eigenvalue weighted by molar-refractivity contribution is -0.125. The molecule has 3 amide bonds. The zero-order chi connectivity index (χ0) is 25.2. The number of carbonyl (C=O) groups excluding carboxylic acids is 3. The van der Waals surface area contributed by atoms with Crippen molar-refractivity contribution in [3.63, 3.8) is 0 Å². The first kappa shape index (κ1) is 25.0. The van der Waals surface area contributed by atoms with Crippen LogP contribution in [0.25, 0.3) is 6.08 Å². The number of carbonyl (C=O) groups is 3. The second-order valence-electron chi connectivity index (χ2n) is 7.88. The molecular formula is C23H21F2N3O5S2. The van der Waals surface area contributed by atoms with Crippen LogP contribution in [0.2, 0.25) is 0 Å². The van der Waals surface area contributed by atoms with Gasteiger partial charge in [-0.05, 0) is 60.5 Å². The summed E-state index contributed by atoms with van der Waals surface area (Å²) >= 11 is 0.737. The Kier molecular flexibility index (Phi) is 7.33. The molecule has 2 aromatic carbocycles. The molecule has 0 spiro atoms. The fraction of sp³-hybridized carbons (Fsp3) is 0.261. The first-order valence-electron chi connectivity index (χ1n) is 10.7. The number of imide groups is 1. The predicted molar refractivity (Wildman–Crippen MR) is 125 cm³/mol. The van der Waals surface area contributed by atoms with Crippen LogP contribution in [0, 0.1) is 11.6 Å². The molecule has 2 heterocycles. The number of benzene rings is 2. The van der Waals surface area contributed by atoms with Gasteiger partial charge in [0, 0.05) is 19.6 Å². The van der Waals surface area contributed by atoms with E-state index in [1.165, 1.54) is 42.5 Å². The number of hydrogen-bond acceptors (Lipinski definition) is 6. The smallest absolute Gasteiger partial charge is 0.293 e. The summed E-state index contributed by atoms with van der Waals surface area (Å²) in [5.41, 5.74) is 0.558. The summed E-state index contributed by atoms with van der Waals surface area (Å²) in [5.74, 6) is -2.44. The second-order valence-corrected chi connectivity index (χ2v) is 10.7. The average Bonchev–Trinajstić information content (AvgIpc) is 3.42. The van der Waals surface area contributed by atoms with E-state index < -0.39 is 49.6 Å². The summed E-state index contributed by atoms with van der Waals surface area (Å²) in [5, 5.41) is 2.06. The van der Waals surface area contributed by atoms with E-state index in [9.17, 15) is 31.6 Å². The summed E-state index contributed by atoms with van der Waals surface area (Å²) < 4.78 is 54.0. The highest BCUT2D eigenvalue weighted by molar-refractivity contribution is 8.18. The van der Waals surface area contributed by atoms with Crippen LogP contribution in [0.4, 0.5) is 13.6 Å². The topological polar surface area (TPSA) is 104 Å². The molecule has 12 heteroatoms. The molecule has 0 radical (unpaired) electrons. The average molecular weight is 522 g/mol. The Morgan fingerprint density at radius 1 is 1.11 bits per heavy atom. The van der Waals surface area contributed by atoms with Gasteiger partial charge >= 0.3 is 0 Å². The monoisotopic (exact) mass is 521 g/mol. The maximum atomic E-state index is 14.1. The van der Waals surface area contributed by atoms with Crippen LogP contribution in [0.15, 0.2) is 58.3 Å². The number of amides is 3. The lowest BCUT2D eigenvalue weighted by Crippen LogP contribution is -2.47. The van der Waals surface area contributed by atoms with Gasteiger partial charge in [-0.25, -0.2) is 17.2 Å². The molecule has 8 nitrogen and oxygen atoms in total. The van der Waals surface area contributed by atoms with E-state index in [1.807, 2.05) is 0 Å². The standard InChI is InChI=1S/C23H21F2N3O5S2/c24-16-9-7-15(8-10-16)14-19-22(30)27(23(31)34-19)13-11-26-21(29)18-5-3-12-28(18)35(32,33)20-6-2-1-4-17(20)25/h1-2,4,6-10,14,18H,3,5,11-13H2,(H,26,29). The lowest BCUT2D eigenvalue weighted by atomic mass is 10.2. The van der Waals surface area contributed by atoms with Gasteiger partial charge < -0.3 is 5.32 Å². The first-order valence-corrected chi connectivity index (χ1v) is 13.0. The normalized spacial score (nSPS) is 20.1. The Bertz CT molecular complexity index is 1300. The van der Waals surface area contributed by atoms with Crippen LogP contribution < -0.4 is 5.32 Å². The molecule has 4 rings (SSSR count). The third kappa shape index (κ3) is 5.29. The Morgan fingerprint density at radius 2 is 1.83 bits per heavy atom. The van der Waals surface area contributed by atoms with Crippen LogP contribution in [-0.2, 0) is 19.6 Å². The minimum Gasteiger partial charge on any atom is -0.353 e. The van der Waals surface area contributed by atoms with E-state index >= 15 is 0 Å². The number of halogens is 2. The van der Waals surface area contributed by atoms with Gasteiger partial charge in [0.1, 0.15) is 22.6 Å². The van der Waals surface area contributed by atoms with Crippen molar-refractivity contribution in [2.75, 3.05) is 19.6 Å². The largest absolute Gasteiger partial charge is 0.353 e.